The van der Waals surface area contributed by atoms with Gasteiger partial charge in [0, 0.05) is 12.1 Å². The number of nitrogens with zero attached hydrogens (tertiary/aromatic N) is 2. The van der Waals surface area contributed by atoms with Crippen LogP contribution in [-0.4, -0.2) is 34.7 Å². The highest BCUT2D eigenvalue weighted by atomic mass is 16.6. The zero-order valence-electron chi connectivity index (χ0n) is 16.0. The molecule has 0 fully saturated rings. The normalized spacial score (nSPS) is 15.7. The van der Waals surface area contributed by atoms with Crippen molar-refractivity contribution in [3.05, 3.63) is 58.1 Å². The van der Waals surface area contributed by atoms with Crippen molar-refractivity contribution >= 4 is 35.2 Å². The summed E-state index contributed by atoms with van der Waals surface area (Å²) < 4.78 is 5.65. The lowest BCUT2D eigenvalue weighted by Crippen LogP contribution is -2.60. The van der Waals surface area contributed by atoms with Gasteiger partial charge in [-0.1, -0.05) is 12.1 Å². The van der Waals surface area contributed by atoms with E-state index in [0.717, 1.165) is 6.07 Å². The molecule has 0 aliphatic carbocycles. The van der Waals surface area contributed by atoms with E-state index < -0.39 is 22.5 Å². The molecule has 0 radical (unpaired) electrons. The molecule has 0 aromatic heterocycles. The summed E-state index contributed by atoms with van der Waals surface area (Å²) in [5.74, 6) is -0.799. The van der Waals surface area contributed by atoms with Gasteiger partial charge in [-0.15, -0.1) is 0 Å². The lowest BCUT2D eigenvalue weighted by Gasteiger charge is -2.42. The summed E-state index contributed by atoms with van der Waals surface area (Å²) in [7, 11) is 0. The molecular formula is C20H19N3O6. The lowest BCUT2D eigenvalue weighted by atomic mass is 9.95. The van der Waals surface area contributed by atoms with Gasteiger partial charge in [0.15, 0.2) is 12.4 Å². The summed E-state index contributed by atoms with van der Waals surface area (Å²) in [5.41, 5.74) is -0.458. The Bertz CT molecular complexity index is 1020. The second-order valence-corrected chi connectivity index (χ2v) is 7.06. The minimum absolute atomic E-state index is 0.0407. The van der Waals surface area contributed by atoms with Gasteiger partial charge in [0.2, 0.25) is 5.91 Å². The van der Waals surface area contributed by atoms with Gasteiger partial charge in [0.25, 0.3) is 11.6 Å². The highest BCUT2D eigenvalue weighted by molar-refractivity contribution is 6.15. The summed E-state index contributed by atoms with van der Waals surface area (Å²) in [6.45, 7) is 4.72. The van der Waals surface area contributed by atoms with Gasteiger partial charge >= 0.3 is 0 Å². The number of benzene rings is 2. The van der Waals surface area contributed by atoms with Crippen LogP contribution in [0.5, 0.6) is 5.75 Å². The van der Waals surface area contributed by atoms with Crippen molar-refractivity contribution in [2.45, 2.75) is 32.4 Å². The molecule has 1 N–H and O–H groups in total. The quantitative estimate of drug-likeness (QED) is 0.471. The number of para-hydroxylation sites is 2. The molecule has 1 atom stereocenters. The number of non-ortho nitro benzene ring substituents is 1. The Morgan fingerprint density at radius 1 is 1.28 bits per heavy atom. The lowest BCUT2D eigenvalue weighted by molar-refractivity contribution is -0.384. The number of hydrogen-bond donors (Lipinski definition) is 1. The number of fused-ring (bicyclic) bond motifs is 1. The van der Waals surface area contributed by atoms with Gasteiger partial charge in [-0.3, -0.25) is 29.4 Å². The van der Waals surface area contributed by atoms with Crippen LogP contribution < -0.4 is 15.0 Å². The second kappa shape index (κ2) is 7.34. The molecule has 3 rings (SSSR count). The van der Waals surface area contributed by atoms with E-state index in [4.69, 9.17) is 4.74 Å². The molecule has 0 bridgehead atoms. The first-order valence-corrected chi connectivity index (χ1v) is 8.81. The summed E-state index contributed by atoms with van der Waals surface area (Å²) in [6, 6.07) is 10.4. The van der Waals surface area contributed by atoms with Gasteiger partial charge in [-0.2, -0.15) is 0 Å². The number of ether oxygens (including phenoxy) is 1. The zero-order chi connectivity index (χ0) is 21.3. The highest BCUT2D eigenvalue weighted by Gasteiger charge is 2.45. The number of nitro groups is 1. The SMILES string of the molecule is C[C@H](Oc1ccc([N+](=O)[O-])cc1C=O)C(=O)N1c2ccccc2NC(=O)C1(C)C. The van der Waals surface area contributed by atoms with Crippen molar-refractivity contribution in [1.82, 2.24) is 0 Å². The maximum atomic E-state index is 13.2. The number of carbonyl (C=O) groups excluding carboxylic acids is 3. The van der Waals surface area contributed by atoms with E-state index in [-0.39, 0.29) is 22.9 Å². The smallest absolute Gasteiger partial charge is 0.270 e. The first kappa shape index (κ1) is 20.0. The number of hydrogen-bond acceptors (Lipinski definition) is 6. The van der Waals surface area contributed by atoms with E-state index in [1.54, 1.807) is 38.1 Å². The van der Waals surface area contributed by atoms with Crippen molar-refractivity contribution < 1.29 is 24.0 Å². The second-order valence-electron chi connectivity index (χ2n) is 7.06. The molecule has 9 heteroatoms. The largest absolute Gasteiger partial charge is 0.480 e. The third-order valence-electron chi connectivity index (χ3n) is 4.71. The Kier molecular flexibility index (Phi) is 5.06. The van der Waals surface area contributed by atoms with Gasteiger partial charge in [0.1, 0.15) is 11.3 Å². The van der Waals surface area contributed by atoms with Crippen molar-refractivity contribution in [2.24, 2.45) is 0 Å². The molecule has 1 aliphatic heterocycles. The first-order valence-electron chi connectivity index (χ1n) is 8.81. The predicted octanol–water partition coefficient (Wildman–Crippen LogP) is 2.94. The van der Waals surface area contributed by atoms with Gasteiger partial charge in [-0.05, 0) is 39.0 Å². The summed E-state index contributed by atoms with van der Waals surface area (Å²) in [6.07, 6.45) is -0.638. The van der Waals surface area contributed by atoms with Crippen molar-refractivity contribution in [1.29, 1.82) is 0 Å². The zero-order valence-corrected chi connectivity index (χ0v) is 16.0. The van der Waals surface area contributed by atoms with Crippen LogP contribution in [0.15, 0.2) is 42.5 Å². The van der Waals surface area contributed by atoms with Gasteiger partial charge in [0.05, 0.1) is 21.9 Å². The predicted molar refractivity (Wildman–Crippen MR) is 105 cm³/mol. The van der Waals surface area contributed by atoms with Gasteiger partial charge < -0.3 is 10.1 Å². The fourth-order valence-electron chi connectivity index (χ4n) is 3.12. The molecule has 2 aromatic carbocycles. The van der Waals surface area contributed by atoms with Crippen LogP contribution in [0.4, 0.5) is 17.1 Å². The molecule has 2 amide bonds. The standard InChI is InChI=1S/C20H19N3O6/c1-12(29-17-9-8-14(23(27)28)10-13(17)11-24)18(25)22-16-7-5-4-6-15(16)21-19(26)20(22,2)3/h4-12H,1-3H3,(H,21,26)/t12-/m0/s1. The summed E-state index contributed by atoms with van der Waals surface area (Å²) >= 11 is 0. The maximum Gasteiger partial charge on any atom is 0.270 e. The maximum absolute atomic E-state index is 13.2. The molecule has 0 unspecified atom stereocenters. The molecule has 29 heavy (non-hydrogen) atoms. The molecule has 1 heterocycles. The number of nitro benzene ring substituents is 1. The third-order valence-corrected chi connectivity index (χ3v) is 4.71. The number of aldehydes is 1. The number of anilines is 2. The number of rotatable bonds is 5. The Morgan fingerprint density at radius 3 is 2.62 bits per heavy atom. The molecule has 9 nitrogen and oxygen atoms in total. The van der Waals surface area contributed by atoms with E-state index in [1.165, 1.54) is 24.0 Å². The number of nitrogens with one attached hydrogen (secondary N) is 1. The number of amides is 2. The topological polar surface area (TPSA) is 119 Å². The number of carbonyl (C=O) groups is 3. The average molecular weight is 397 g/mol. The molecular weight excluding hydrogens is 378 g/mol. The van der Waals surface area contributed by atoms with Crippen molar-refractivity contribution in [2.75, 3.05) is 10.2 Å². The van der Waals surface area contributed by atoms with E-state index >= 15 is 0 Å². The van der Waals surface area contributed by atoms with E-state index in [1.807, 2.05) is 0 Å². The van der Waals surface area contributed by atoms with Crippen LogP contribution in [0.3, 0.4) is 0 Å². The van der Waals surface area contributed by atoms with Crippen molar-refractivity contribution in [3.8, 4) is 5.75 Å². The fourth-order valence-corrected chi connectivity index (χ4v) is 3.12. The van der Waals surface area contributed by atoms with Crippen LogP contribution in [0.25, 0.3) is 0 Å². The summed E-state index contributed by atoms with van der Waals surface area (Å²) in [4.78, 5) is 48.7. The van der Waals surface area contributed by atoms with Crippen LogP contribution in [0, 0.1) is 10.1 Å². The molecule has 2 aromatic rings. The summed E-state index contributed by atoms with van der Waals surface area (Å²) in [5, 5.41) is 13.7. The van der Waals surface area contributed by atoms with Crippen LogP contribution >= 0.6 is 0 Å². The van der Waals surface area contributed by atoms with Crippen molar-refractivity contribution in [3.63, 3.8) is 0 Å². The molecule has 1 aliphatic rings. The Labute approximate surface area is 166 Å². The minimum Gasteiger partial charge on any atom is -0.480 e. The highest BCUT2D eigenvalue weighted by Crippen LogP contribution is 2.37. The third kappa shape index (κ3) is 3.54. The molecule has 150 valence electrons. The Morgan fingerprint density at radius 2 is 1.97 bits per heavy atom. The van der Waals surface area contributed by atoms with Gasteiger partial charge in [-0.25, -0.2) is 0 Å². The first-order chi connectivity index (χ1) is 13.7. The Hall–Kier alpha value is -3.75. The average Bonchev–Trinajstić information content (AvgIpc) is 2.68. The van der Waals surface area contributed by atoms with E-state index in [0.29, 0.717) is 17.7 Å². The van der Waals surface area contributed by atoms with E-state index in [2.05, 4.69) is 5.32 Å². The molecule has 0 saturated carbocycles. The monoisotopic (exact) mass is 397 g/mol. The Balaban J connectivity index is 1.93. The fraction of sp³-hybridized carbons (Fsp3) is 0.250. The molecule has 0 saturated heterocycles. The van der Waals surface area contributed by atoms with Crippen LogP contribution in [0.1, 0.15) is 31.1 Å². The minimum atomic E-state index is -1.17. The molecule has 0 spiro atoms. The van der Waals surface area contributed by atoms with Crippen LogP contribution in [0.2, 0.25) is 0 Å². The van der Waals surface area contributed by atoms with Crippen LogP contribution in [-0.2, 0) is 9.59 Å². The van der Waals surface area contributed by atoms with E-state index in [9.17, 15) is 24.5 Å².